The summed E-state index contributed by atoms with van der Waals surface area (Å²) >= 11 is 0. The third kappa shape index (κ3) is 18.8. The Morgan fingerprint density at radius 2 is 1.26 bits per heavy atom. The first-order valence-corrected chi connectivity index (χ1v) is 9.03. The minimum Gasteiger partial charge on any atom is -1.00 e. The molecule has 0 saturated heterocycles. The van der Waals surface area contributed by atoms with Crippen molar-refractivity contribution in [2.75, 3.05) is 13.6 Å². The van der Waals surface area contributed by atoms with Gasteiger partial charge in [0.2, 0.25) is 5.91 Å². The van der Waals surface area contributed by atoms with E-state index in [1.54, 1.807) is 7.05 Å². The molecule has 4 nitrogen and oxygen atoms in total. The van der Waals surface area contributed by atoms with Crippen molar-refractivity contribution < 1.29 is 67.5 Å². The van der Waals surface area contributed by atoms with Crippen molar-refractivity contribution in [3.63, 3.8) is 0 Å². The molecule has 0 aromatic carbocycles. The van der Waals surface area contributed by atoms with E-state index in [-0.39, 0.29) is 65.1 Å². The minimum absolute atomic E-state index is 0. The Kier molecular flexibility index (Phi) is 21.2. The van der Waals surface area contributed by atoms with Crippen molar-refractivity contribution in [2.24, 2.45) is 0 Å². The Morgan fingerprint density at radius 1 is 0.826 bits per heavy atom. The van der Waals surface area contributed by atoms with E-state index >= 15 is 0 Å². The number of rotatable bonds is 15. The fourth-order valence-corrected chi connectivity index (χ4v) is 2.52. The third-order valence-corrected chi connectivity index (χ3v) is 4.08. The molecule has 23 heavy (non-hydrogen) atoms. The number of unbranched alkanes of at least 4 members (excludes halogenated alkanes) is 10. The first-order chi connectivity index (χ1) is 10.6. The Balaban J connectivity index is -0.00000220. The number of carboxylic acid groups (broad SMARTS) is 1. The van der Waals surface area contributed by atoms with Gasteiger partial charge in [-0.3, -0.25) is 9.59 Å². The van der Waals surface area contributed by atoms with Crippen LogP contribution in [0.4, 0.5) is 0 Å². The topological polar surface area (TPSA) is 57.6 Å². The number of carboxylic acids is 1. The van der Waals surface area contributed by atoms with Crippen LogP contribution in [0.3, 0.4) is 0 Å². The summed E-state index contributed by atoms with van der Waals surface area (Å²) in [5, 5.41) is 8.58. The average Bonchev–Trinajstić information content (AvgIpc) is 2.49. The average molecular weight is 354 g/mol. The summed E-state index contributed by atoms with van der Waals surface area (Å²) in [6, 6.07) is 0. The number of aliphatic carboxylic acids is 1. The van der Waals surface area contributed by atoms with E-state index in [0.29, 0.717) is 13.0 Å². The van der Waals surface area contributed by atoms with Crippen molar-refractivity contribution >= 4 is 11.9 Å². The van der Waals surface area contributed by atoms with E-state index in [2.05, 4.69) is 6.92 Å². The predicted molar refractivity (Wildman–Crippen MR) is 92.1 cm³/mol. The fraction of sp³-hybridized carbons (Fsp3) is 0.889. The van der Waals surface area contributed by atoms with Crippen molar-refractivity contribution in [1.82, 2.24) is 4.90 Å². The van der Waals surface area contributed by atoms with Crippen LogP contribution < -0.4 is 51.4 Å². The molecule has 132 valence electrons. The van der Waals surface area contributed by atoms with Gasteiger partial charge < -0.3 is 11.4 Å². The molecule has 1 N–H and O–H groups in total. The van der Waals surface area contributed by atoms with Gasteiger partial charge in [-0.25, -0.2) is 0 Å². The maximum absolute atomic E-state index is 11.7. The normalized spacial score (nSPS) is 10.2. The van der Waals surface area contributed by atoms with Gasteiger partial charge in [-0.2, -0.15) is 0 Å². The number of carbonyl (C=O) groups excluding carboxylic acids is 1. The molecule has 0 aliphatic rings. The Labute approximate surface area is 186 Å². The third-order valence-electron chi connectivity index (χ3n) is 4.08. The largest absolute Gasteiger partial charge is 1.00 e. The maximum Gasteiger partial charge on any atom is 1.00 e. The second-order valence-corrected chi connectivity index (χ2v) is 6.24. The number of hydrogen-bond acceptors (Lipinski definition) is 2. The SMILES string of the molecule is CCCCCCCCCCCCCC(=O)N(C)CCC(=O)O.[H-].[K+]. The van der Waals surface area contributed by atoms with Gasteiger partial charge in [0.05, 0.1) is 6.42 Å². The zero-order chi connectivity index (χ0) is 16.6. The summed E-state index contributed by atoms with van der Waals surface area (Å²) < 4.78 is 0. The van der Waals surface area contributed by atoms with Gasteiger partial charge in [0, 0.05) is 20.0 Å². The van der Waals surface area contributed by atoms with Crippen molar-refractivity contribution in [1.29, 1.82) is 0 Å². The number of amides is 1. The summed E-state index contributed by atoms with van der Waals surface area (Å²) in [4.78, 5) is 23.7. The van der Waals surface area contributed by atoms with Crippen LogP contribution >= 0.6 is 0 Å². The molecule has 0 spiro atoms. The van der Waals surface area contributed by atoms with Gasteiger partial charge in [-0.1, -0.05) is 71.1 Å². The van der Waals surface area contributed by atoms with E-state index in [9.17, 15) is 9.59 Å². The van der Waals surface area contributed by atoms with Gasteiger partial charge in [0.15, 0.2) is 0 Å². The zero-order valence-corrected chi connectivity index (χ0v) is 18.7. The quantitative estimate of drug-likeness (QED) is 0.360. The monoisotopic (exact) mass is 353 g/mol. The van der Waals surface area contributed by atoms with Gasteiger partial charge in [-0.15, -0.1) is 0 Å². The van der Waals surface area contributed by atoms with E-state index in [1.807, 2.05) is 0 Å². The van der Waals surface area contributed by atoms with Gasteiger partial charge in [0.1, 0.15) is 0 Å². The smallest absolute Gasteiger partial charge is 1.00 e. The molecule has 0 unspecified atom stereocenters. The van der Waals surface area contributed by atoms with E-state index < -0.39 is 5.97 Å². The Bertz CT molecular complexity index is 304. The molecule has 0 bridgehead atoms. The van der Waals surface area contributed by atoms with E-state index in [0.717, 1.165) is 12.8 Å². The predicted octanol–water partition coefficient (Wildman–Crippen LogP) is 1.74. The van der Waals surface area contributed by atoms with Crippen LogP contribution in [0.5, 0.6) is 0 Å². The van der Waals surface area contributed by atoms with Crippen LogP contribution in [-0.4, -0.2) is 35.5 Å². The Morgan fingerprint density at radius 3 is 1.70 bits per heavy atom. The molecule has 0 aromatic heterocycles. The van der Waals surface area contributed by atoms with Crippen molar-refractivity contribution in [3.8, 4) is 0 Å². The molecule has 0 fully saturated rings. The number of hydrogen-bond donors (Lipinski definition) is 1. The summed E-state index contributed by atoms with van der Waals surface area (Å²) in [7, 11) is 1.68. The molecule has 0 heterocycles. The van der Waals surface area contributed by atoms with E-state index in [1.165, 1.54) is 62.7 Å². The number of carbonyl (C=O) groups is 2. The Hall–Kier alpha value is 0.576. The summed E-state index contributed by atoms with van der Waals surface area (Å²) in [5.41, 5.74) is 0. The second-order valence-electron chi connectivity index (χ2n) is 6.24. The molecular weight excluding hydrogens is 317 g/mol. The second kappa shape index (κ2) is 18.9. The van der Waals surface area contributed by atoms with Crippen LogP contribution in [-0.2, 0) is 9.59 Å². The number of nitrogens with zero attached hydrogens (tertiary/aromatic N) is 1. The molecular formula is C18H36KNO3. The van der Waals surface area contributed by atoms with Crippen LogP contribution in [0.15, 0.2) is 0 Å². The van der Waals surface area contributed by atoms with Crippen molar-refractivity contribution in [2.45, 2.75) is 90.4 Å². The molecule has 0 aromatic rings. The first kappa shape index (κ1) is 25.8. The molecule has 0 rings (SSSR count). The molecule has 0 aliphatic carbocycles. The maximum atomic E-state index is 11.7. The minimum atomic E-state index is -0.852. The zero-order valence-electron chi connectivity index (χ0n) is 16.6. The molecule has 0 radical (unpaired) electrons. The molecule has 0 saturated carbocycles. The van der Waals surface area contributed by atoms with Crippen LogP contribution in [0, 0.1) is 0 Å². The van der Waals surface area contributed by atoms with Crippen molar-refractivity contribution in [3.05, 3.63) is 0 Å². The molecule has 1 amide bonds. The fourth-order valence-electron chi connectivity index (χ4n) is 2.52. The summed E-state index contributed by atoms with van der Waals surface area (Å²) in [6.07, 6.45) is 14.6. The van der Waals surface area contributed by atoms with Crippen LogP contribution in [0.25, 0.3) is 0 Å². The summed E-state index contributed by atoms with van der Waals surface area (Å²) in [6.45, 7) is 2.56. The van der Waals surface area contributed by atoms with Gasteiger partial charge in [0.25, 0.3) is 0 Å². The van der Waals surface area contributed by atoms with E-state index in [4.69, 9.17) is 5.11 Å². The first-order valence-electron chi connectivity index (χ1n) is 9.03. The van der Waals surface area contributed by atoms with Gasteiger partial charge in [-0.05, 0) is 6.42 Å². The molecule has 0 atom stereocenters. The van der Waals surface area contributed by atoms with Crippen LogP contribution in [0.2, 0.25) is 0 Å². The summed E-state index contributed by atoms with van der Waals surface area (Å²) in [5.74, 6) is -0.786. The standard InChI is InChI=1S/C18H35NO3.K.H/c1-3-4-5-6-7-8-9-10-11-12-13-14-17(20)19(2)16-15-18(21)22;;/h3-16H2,1-2H3,(H,21,22);;/q;+1;-1. The van der Waals surface area contributed by atoms with Gasteiger partial charge >= 0.3 is 57.4 Å². The molecule has 5 heteroatoms. The molecule has 0 aliphatic heterocycles. The van der Waals surface area contributed by atoms with Crippen LogP contribution in [0.1, 0.15) is 91.8 Å².